The Morgan fingerprint density at radius 1 is 1.27 bits per heavy atom. The predicted molar refractivity (Wildman–Crippen MR) is 122 cm³/mol. The summed E-state index contributed by atoms with van der Waals surface area (Å²) < 4.78 is 7.92. The van der Waals surface area contributed by atoms with E-state index < -0.39 is 0 Å². The fourth-order valence-electron chi connectivity index (χ4n) is 3.83. The van der Waals surface area contributed by atoms with Gasteiger partial charge in [-0.3, -0.25) is 9.69 Å². The minimum Gasteiger partial charge on any atom is -0.373 e. The van der Waals surface area contributed by atoms with Gasteiger partial charge in [-0.1, -0.05) is 23.9 Å². The van der Waals surface area contributed by atoms with Gasteiger partial charge in [-0.2, -0.15) is 0 Å². The number of carbonyl (C=O) groups excluding carboxylic acids is 1. The number of thioether (sulfide) groups is 1. The summed E-state index contributed by atoms with van der Waals surface area (Å²) in [5.74, 6) is 0.237. The minimum absolute atomic E-state index is 0.0655. The molecule has 0 spiro atoms. The Kier molecular flexibility index (Phi) is 6.72. The van der Waals surface area contributed by atoms with Crippen molar-refractivity contribution in [3.63, 3.8) is 0 Å². The fraction of sp³-hybridized carbons (Fsp3) is 0.476. The molecule has 0 radical (unpaired) electrons. The molecule has 2 atom stereocenters. The molecule has 0 aliphatic carbocycles. The number of anilines is 1. The zero-order valence-corrected chi connectivity index (χ0v) is 19.1. The second-order valence-corrected chi connectivity index (χ2v) is 9.36. The summed E-state index contributed by atoms with van der Waals surface area (Å²) in [6.45, 7) is 9.68. The van der Waals surface area contributed by atoms with E-state index in [4.69, 9.17) is 4.74 Å². The number of carbonyl (C=O) groups is 1. The quantitative estimate of drug-likeness (QED) is 0.557. The van der Waals surface area contributed by atoms with Gasteiger partial charge < -0.3 is 14.6 Å². The molecular formula is C21H27N5O2S2. The van der Waals surface area contributed by atoms with Crippen LogP contribution in [0.4, 0.5) is 5.13 Å². The normalized spacial score (nSPS) is 20.0. The molecule has 0 saturated carbocycles. The summed E-state index contributed by atoms with van der Waals surface area (Å²) in [4.78, 5) is 24.1. The van der Waals surface area contributed by atoms with Crippen molar-refractivity contribution >= 4 is 45.2 Å². The highest BCUT2D eigenvalue weighted by molar-refractivity contribution is 7.99. The van der Waals surface area contributed by atoms with Gasteiger partial charge in [-0.05, 0) is 32.9 Å². The molecule has 7 nitrogen and oxygen atoms in total. The molecule has 1 aliphatic heterocycles. The van der Waals surface area contributed by atoms with Gasteiger partial charge in [0.05, 0.1) is 34.7 Å². The van der Waals surface area contributed by atoms with Crippen molar-refractivity contribution in [3.05, 3.63) is 35.3 Å². The van der Waals surface area contributed by atoms with Crippen LogP contribution >= 0.6 is 23.1 Å². The number of amides is 1. The van der Waals surface area contributed by atoms with Crippen LogP contribution in [0.15, 0.2) is 34.8 Å². The van der Waals surface area contributed by atoms with Gasteiger partial charge in [0, 0.05) is 31.6 Å². The third kappa shape index (κ3) is 5.03. The van der Waals surface area contributed by atoms with E-state index in [1.165, 1.54) is 23.1 Å². The van der Waals surface area contributed by atoms with Crippen LogP contribution in [-0.4, -0.2) is 56.4 Å². The molecule has 1 aromatic carbocycles. The van der Waals surface area contributed by atoms with Gasteiger partial charge in [0.1, 0.15) is 0 Å². The first-order valence-corrected chi connectivity index (χ1v) is 12.1. The van der Waals surface area contributed by atoms with Gasteiger partial charge in [0.25, 0.3) is 0 Å². The molecule has 1 N–H and O–H groups in total. The molecule has 1 saturated heterocycles. The minimum atomic E-state index is -0.0655. The number of thiazole rings is 1. The molecule has 2 unspecified atom stereocenters. The maximum atomic E-state index is 12.5. The van der Waals surface area contributed by atoms with Crippen LogP contribution in [0.25, 0.3) is 11.0 Å². The number of para-hydroxylation sites is 2. The monoisotopic (exact) mass is 445 g/mol. The second-order valence-electron chi connectivity index (χ2n) is 7.56. The Morgan fingerprint density at radius 2 is 2.03 bits per heavy atom. The van der Waals surface area contributed by atoms with Gasteiger partial charge in [-0.25, -0.2) is 9.97 Å². The molecule has 30 heavy (non-hydrogen) atoms. The number of rotatable bonds is 7. The Bertz CT molecular complexity index is 1010. The topological polar surface area (TPSA) is 72.3 Å². The van der Waals surface area contributed by atoms with Gasteiger partial charge in [0.2, 0.25) is 5.91 Å². The van der Waals surface area contributed by atoms with Crippen molar-refractivity contribution in [2.75, 3.05) is 24.2 Å². The van der Waals surface area contributed by atoms with E-state index in [-0.39, 0.29) is 18.1 Å². The average molecular weight is 446 g/mol. The molecular weight excluding hydrogens is 418 g/mol. The molecule has 1 fully saturated rings. The molecule has 9 heteroatoms. The Labute approximate surface area is 184 Å². The summed E-state index contributed by atoms with van der Waals surface area (Å²) in [5, 5.41) is 6.46. The Hall–Kier alpha value is -1.94. The fourth-order valence-corrected chi connectivity index (χ4v) is 5.43. The highest BCUT2D eigenvalue weighted by Crippen LogP contribution is 2.25. The van der Waals surface area contributed by atoms with Crippen LogP contribution in [0.1, 0.15) is 26.5 Å². The lowest BCUT2D eigenvalue weighted by molar-refractivity contribution is -0.113. The van der Waals surface area contributed by atoms with Gasteiger partial charge >= 0.3 is 0 Å². The van der Waals surface area contributed by atoms with Crippen molar-refractivity contribution in [2.24, 2.45) is 0 Å². The van der Waals surface area contributed by atoms with E-state index in [1.807, 2.05) is 23.6 Å². The number of ether oxygens (including phenoxy) is 1. The second kappa shape index (κ2) is 9.47. The zero-order valence-electron chi connectivity index (χ0n) is 17.5. The van der Waals surface area contributed by atoms with Crippen LogP contribution in [0.2, 0.25) is 0 Å². The maximum absolute atomic E-state index is 12.5. The zero-order chi connectivity index (χ0) is 21.1. The molecule has 160 valence electrons. The smallest absolute Gasteiger partial charge is 0.236 e. The number of nitrogens with zero attached hydrogens (tertiary/aromatic N) is 4. The average Bonchev–Trinajstić information content (AvgIpc) is 3.29. The standard InChI is InChI=1S/C21H27N5O2S2/c1-4-26-18-8-6-5-7-17(18)23-21(26)30-13-19(27)24-20-22-16(12-29-20)11-25-9-14(2)28-15(3)10-25/h5-8,12,14-15H,4,9-11,13H2,1-3H3,(H,22,24,27). The van der Waals surface area contributed by atoms with E-state index in [2.05, 4.69) is 51.6 Å². The number of benzene rings is 1. The molecule has 1 amide bonds. The van der Waals surface area contributed by atoms with Crippen molar-refractivity contribution in [1.29, 1.82) is 0 Å². The number of nitrogens with one attached hydrogen (secondary N) is 1. The van der Waals surface area contributed by atoms with Crippen molar-refractivity contribution in [1.82, 2.24) is 19.4 Å². The Morgan fingerprint density at radius 3 is 2.80 bits per heavy atom. The number of hydrogen-bond acceptors (Lipinski definition) is 7. The summed E-state index contributed by atoms with van der Waals surface area (Å²) >= 11 is 2.93. The van der Waals surface area contributed by atoms with Crippen molar-refractivity contribution in [2.45, 2.75) is 51.2 Å². The maximum Gasteiger partial charge on any atom is 0.236 e. The lowest BCUT2D eigenvalue weighted by Gasteiger charge is -2.34. The number of aromatic nitrogens is 3. The van der Waals surface area contributed by atoms with Gasteiger partial charge in [-0.15, -0.1) is 11.3 Å². The number of aryl methyl sites for hydroxylation is 1. The molecule has 2 aromatic heterocycles. The first kappa shape index (κ1) is 21.3. The highest BCUT2D eigenvalue weighted by Gasteiger charge is 2.23. The summed E-state index contributed by atoms with van der Waals surface area (Å²) in [6.07, 6.45) is 0.465. The molecule has 0 bridgehead atoms. The summed E-state index contributed by atoms with van der Waals surface area (Å²) in [7, 11) is 0. The summed E-state index contributed by atoms with van der Waals surface area (Å²) in [6, 6.07) is 8.05. The third-order valence-electron chi connectivity index (χ3n) is 4.95. The number of fused-ring (bicyclic) bond motifs is 1. The van der Waals surface area contributed by atoms with Gasteiger partial charge in [0.15, 0.2) is 10.3 Å². The first-order valence-electron chi connectivity index (χ1n) is 10.2. The van der Waals surface area contributed by atoms with E-state index in [0.717, 1.165) is 48.1 Å². The van der Waals surface area contributed by atoms with Crippen molar-refractivity contribution < 1.29 is 9.53 Å². The first-order chi connectivity index (χ1) is 14.5. The number of morpholine rings is 1. The predicted octanol–water partition coefficient (Wildman–Crippen LogP) is 3.85. The number of hydrogen-bond donors (Lipinski definition) is 1. The largest absolute Gasteiger partial charge is 0.373 e. The molecule has 3 aromatic rings. The summed E-state index contributed by atoms with van der Waals surface area (Å²) in [5.41, 5.74) is 3.04. The van der Waals surface area contributed by atoms with Crippen LogP contribution < -0.4 is 5.32 Å². The molecule has 1 aliphatic rings. The lowest BCUT2D eigenvalue weighted by atomic mass is 10.2. The van der Waals surface area contributed by atoms with Crippen molar-refractivity contribution in [3.8, 4) is 0 Å². The molecule has 4 rings (SSSR count). The van der Waals surface area contributed by atoms with Crippen LogP contribution in [0, 0.1) is 0 Å². The molecule has 3 heterocycles. The SMILES string of the molecule is CCn1c(SCC(=O)Nc2nc(CN3CC(C)OC(C)C3)cs2)nc2ccccc21. The Balaban J connectivity index is 1.32. The van der Waals surface area contributed by atoms with E-state index in [9.17, 15) is 4.79 Å². The van der Waals surface area contributed by atoms with E-state index in [0.29, 0.717) is 10.9 Å². The van der Waals surface area contributed by atoms with Crippen LogP contribution in [0.5, 0.6) is 0 Å². The third-order valence-corrected chi connectivity index (χ3v) is 6.73. The lowest BCUT2D eigenvalue weighted by Crippen LogP contribution is -2.44. The van der Waals surface area contributed by atoms with E-state index >= 15 is 0 Å². The highest BCUT2D eigenvalue weighted by atomic mass is 32.2. The van der Waals surface area contributed by atoms with E-state index in [1.54, 1.807) is 0 Å². The number of imidazole rings is 1. The van der Waals surface area contributed by atoms with Crippen LogP contribution in [-0.2, 0) is 22.6 Å². The van der Waals surface area contributed by atoms with Crippen LogP contribution in [0.3, 0.4) is 0 Å².